The van der Waals surface area contributed by atoms with E-state index in [9.17, 15) is 14.4 Å². The number of morpholine rings is 1. The number of furan rings is 1. The highest BCUT2D eigenvalue weighted by Gasteiger charge is 2.36. The summed E-state index contributed by atoms with van der Waals surface area (Å²) >= 11 is 0.759. The van der Waals surface area contributed by atoms with Crippen LogP contribution in [0.3, 0.4) is 0 Å². The minimum absolute atomic E-state index is 0.174. The first-order valence-electron chi connectivity index (χ1n) is 11.6. The molecule has 0 bridgehead atoms. The first-order valence-corrected chi connectivity index (χ1v) is 12.4. The van der Waals surface area contributed by atoms with Crippen molar-refractivity contribution in [1.29, 1.82) is 5.26 Å². The summed E-state index contributed by atoms with van der Waals surface area (Å²) in [5.41, 5.74) is 2.94. The number of hydrogen-bond acceptors (Lipinski definition) is 8. The second kappa shape index (κ2) is 10.7. The fraction of sp³-hybridized carbons (Fsp3) is 0.185. The smallest absolute Gasteiger partial charge is 0.294 e. The van der Waals surface area contributed by atoms with Gasteiger partial charge in [0.2, 0.25) is 5.91 Å². The van der Waals surface area contributed by atoms with Gasteiger partial charge in [-0.05, 0) is 72.4 Å². The van der Waals surface area contributed by atoms with E-state index in [4.69, 9.17) is 14.4 Å². The van der Waals surface area contributed by atoms with Crippen molar-refractivity contribution in [2.75, 3.05) is 43.1 Å². The molecule has 37 heavy (non-hydrogen) atoms. The van der Waals surface area contributed by atoms with E-state index in [0.29, 0.717) is 36.0 Å². The summed E-state index contributed by atoms with van der Waals surface area (Å²) in [6.07, 6.45) is 1.49. The lowest BCUT2D eigenvalue weighted by Gasteiger charge is -2.28. The lowest BCUT2D eigenvalue weighted by molar-refractivity contribution is -0.127. The second-order valence-corrected chi connectivity index (χ2v) is 9.35. The van der Waals surface area contributed by atoms with Gasteiger partial charge in [-0.2, -0.15) is 5.26 Å². The molecule has 1 aromatic heterocycles. The summed E-state index contributed by atoms with van der Waals surface area (Å²) in [6, 6.07) is 19.8. The Bertz CT molecular complexity index is 1400. The number of anilines is 2. The van der Waals surface area contributed by atoms with Gasteiger partial charge in [-0.1, -0.05) is 0 Å². The van der Waals surface area contributed by atoms with Crippen LogP contribution in [0, 0.1) is 11.3 Å². The third-order valence-corrected chi connectivity index (χ3v) is 6.81. The molecule has 2 aliphatic heterocycles. The van der Waals surface area contributed by atoms with Crippen LogP contribution in [-0.4, -0.2) is 54.8 Å². The van der Waals surface area contributed by atoms with Crippen molar-refractivity contribution >= 4 is 46.3 Å². The Morgan fingerprint density at radius 3 is 2.46 bits per heavy atom. The maximum atomic E-state index is 12.8. The number of nitrogens with zero attached hydrogens (tertiary/aromatic N) is 3. The third-order valence-electron chi connectivity index (χ3n) is 5.90. The standard InChI is InChI=1S/C27H22N4O5S/c28-16-18-1-3-19(4-2-18)23-10-9-22(36-23)15-24-26(33)31(27(34)37-24)17-25(32)29-20-5-7-21(8-6-20)30-11-13-35-14-12-30/h1-10,15H,11-14,17H2,(H,29,32). The molecule has 0 radical (unpaired) electrons. The van der Waals surface area contributed by atoms with Gasteiger partial charge in [0.25, 0.3) is 11.1 Å². The molecule has 2 saturated heterocycles. The molecule has 0 atom stereocenters. The topological polar surface area (TPSA) is 116 Å². The first-order chi connectivity index (χ1) is 18.0. The fourth-order valence-electron chi connectivity index (χ4n) is 3.98. The number of hydrogen-bond donors (Lipinski definition) is 1. The zero-order valence-corrected chi connectivity index (χ0v) is 20.5. The number of thioether (sulfide) groups is 1. The summed E-state index contributed by atoms with van der Waals surface area (Å²) in [5.74, 6) is -0.0587. The van der Waals surface area contributed by atoms with Crippen LogP contribution < -0.4 is 10.2 Å². The summed E-state index contributed by atoms with van der Waals surface area (Å²) < 4.78 is 11.2. The number of ether oxygens (including phenoxy) is 1. The molecule has 10 heteroatoms. The van der Waals surface area contributed by atoms with Crippen LogP contribution in [0.2, 0.25) is 0 Å². The number of carbonyl (C=O) groups excluding carboxylic acids is 3. The molecule has 1 N–H and O–H groups in total. The minimum atomic E-state index is -0.552. The molecular formula is C27H22N4O5S. The third kappa shape index (κ3) is 5.58. The van der Waals surface area contributed by atoms with E-state index >= 15 is 0 Å². The summed E-state index contributed by atoms with van der Waals surface area (Å²) in [7, 11) is 0. The van der Waals surface area contributed by atoms with Crippen molar-refractivity contribution in [1.82, 2.24) is 4.90 Å². The van der Waals surface area contributed by atoms with Crippen LogP contribution in [0.15, 0.2) is 70.0 Å². The van der Waals surface area contributed by atoms with Crippen molar-refractivity contribution in [3.05, 3.63) is 76.9 Å². The van der Waals surface area contributed by atoms with Crippen molar-refractivity contribution in [3.63, 3.8) is 0 Å². The molecule has 3 heterocycles. The van der Waals surface area contributed by atoms with E-state index in [1.54, 1.807) is 48.5 Å². The molecule has 0 aliphatic carbocycles. The minimum Gasteiger partial charge on any atom is -0.457 e. The molecule has 0 saturated carbocycles. The van der Waals surface area contributed by atoms with Crippen LogP contribution in [0.25, 0.3) is 17.4 Å². The van der Waals surface area contributed by atoms with E-state index in [0.717, 1.165) is 41.0 Å². The zero-order valence-electron chi connectivity index (χ0n) is 19.7. The maximum Gasteiger partial charge on any atom is 0.294 e. The molecule has 3 amide bonds. The highest BCUT2D eigenvalue weighted by atomic mass is 32.2. The van der Waals surface area contributed by atoms with Gasteiger partial charge in [0, 0.05) is 36.1 Å². The molecule has 2 aliphatic rings. The molecule has 5 rings (SSSR count). The summed E-state index contributed by atoms with van der Waals surface area (Å²) in [4.78, 5) is 41.1. The van der Waals surface area contributed by atoms with Crippen LogP contribution in [-0.2, 0) is 14.3 Å². The highest BCUT2D eigenvalue weighted by Crippen LogP contribution is 2.33. The number of nitrogens with one attached hydrogen (secondary N) is 1. The van der Waals surface area contributed by atoms with E-state index < -0.39 is 17.1 Å². The van der Waals surface area contributed by atoms with Crippen LogP contribution in [0.1, 0.15) is 11.3 Å². The SMILES string of the molecule is N#Cc1ccc(-c2ccc(C=C3SC(=O)N(CC(=O)Nc4ccc(N5CCOCC5)cc4)C3=O)o2)cc1. The molecule has 186 valence electrons. The average molecular weight is 515 g/mol. The molecular weight excluding hydrogens is 492 g/mol. The van der Waals surface area contributed by atoms with Crippen LogP contribution in [0.4, 0.5) is 16.2 Å². The Balaban J connectivity index is 1.20. The Morgan fingerprint density at radius 1 is 1.03 bits per heavy atom. The summed E-state index contributed by atoms with van der Waals surface area (Å²) in [5, 5.41) is 11.2. The molecule has 2 fully saturated rings. The van der Waals surface area contributed by atoms with E-state index in [1.165, 1.54) is 6.08 Å². The van der Waals surface area contributed by atoms with Crippen molar-refractivity contribution < 1.29 is 23.5 Å². The Kier molecular flexibility index (Phi) is 7.07. The molecule has 9 nitrogen and oxygen atoms in total. The number of imide groups is 1. The van der Waals surface area contributed by atoms with Crippen molar-refractivity contribution in [3.8, 4) is 17.4 Å². The Morgan fingerprint density at radius 2 is 1.76 bits per heavy atom. The van der Waals surface area contributed by atoms with Gasteiger partial charge >= 0.3 is 0 Å². The van der Waals surface area contributed by atoms with Gasteiger partial charge in [-0.15, -0.1) is 0 Å². The van der Waals surface area contributed by atoms with E-state index in [-0.39, 0.29) is 11.4 Å². The van der Waals surface area contributed by atoms with Gasteiger partial charge < -0.3 is 19.4 Å². The fourth-order valence-corrected chi connectivity index (χ4v) is 4.80. The normalized spacial score (nSPS) is 16.8. The molecule has 0 spiro atoms. The predicted octanol–water partition coefficient (Wildman–Crippen LogP) is 4.33. The van der Waals surface area contributed by atoms with E-state index in [2.05, 4.69) is 16.3 Å². The zero-order chi connectivity index (χ0) is 25.8. The molecule has 2 aromatic carbocycles. The van der Waals surface area contributed by atoms with Crippen LogP contribution >= 0.6 is 11.8 Å². The Labute approximate surface area is 217 Å². The lowest BCUT2D eigenvalue weighted by Crippen LogP contribution is -2.36. The van der Waals surface area contributed by atoms with Gasteiger partial charge in [0.05, 0.1) is 29.8 Å². The second-order valence-electron chi connectivity index (χ2n) is 8.35. The largest absolute Gasteiger partial charge is 0.457 e. The molecule has 0 unspecified atom stereocenters. The Hall–Kier alpha value is -4.33. The monoisotopic (exact) mass is 514 g/mol. The lowest BCUT2D eigenvalue weighted by atomic mass is 10.1. The molecule has 3 aromatic rings. The van der Waals surface area contributed by atoms with Gasteiger partial charge in [0.1, 0.15) is 18.1 Å². The maximum absolute atomic E-state index is 12.8. The number of amides is 3. The van der Waals surface area contributed by atoms with Gasteiger partial charge in [0.15, 0.2) is 0 Å². The van der Waals surface area contributed by atoms with Gasteiger partial charge in [-0.3, -0.25) is 19.3 Å². The number of rotatable bonds is 6. The predicted molar refractivity (Wildman–Crippen MR) is 140 cm³/mol. The van der Waals surface area contributed by atoms with Crippen molar-refractivity contribution in [2.45, 2.75) is 0 Å². The highest BCUT2D eigenvalue weighted by molar-refractivity contribution is 8.18. The van der Waals surface area contributed by atoms with Crippen molar-refractivity contribution in [2.24, 2.45) is 0 Å². The number of nitriles is 1. The van der Waals surface area contributed by atoms with E-state index in [1.807, 2.05) is 12.1 Å². The van der Waals surface area contributed by atoms with Gasteiger partial charge in [-0.25, -0.2) is 0 Å². The number of carbonyl (C=O) groups is 3. The first kappa shape index (κ1) is 24.4. The van der Waals surface area contributed by atoms with Crippen LogP contribution in [0.5, 0.6) is 0 Å². The number of benzene rings is 2. The summed E-state index contributed by atoms with van der Waals surface area (Å²) in [6.45, 7) is 2.61. The average Bonchev–Trinajstić information content (AvgIpc) is 3.50. The quantitative estimate of drug-likeness (QED) is 0.483.